The first-order valence-corrected chi connectivity index (χ1v) is 9.64. The molecule has 2 amide bonds. The lowest BCUT2D eigenvalue weighted by molar-refractivity contribution is -0.116. The summed E-state index contributed by atoms with van der Waals surface area (Å²) in [5.41, 5.74) is 1.92. The molecule has 0 fully saturated rings. The van der Waals surface area contributed by atoms with Gasteiger partial charge >= 0.3 is 6.16 Å². The molecule has 0 heterocycles. The SMILES string of the molecule is CCCCC(=O)Nc1ccccc1CNC(=O)c1ccc(OC(=O)OCC)cc1. The van der Waals surface area contributed by atoms with Crippen LogP contribution in [0.3, 0.4) is 0 Å². The molecule has 2 aromatic carbocycles. The highest BCUT2D eigenvalue weighted by Gasteiger charge is 2.10. The summed E-state index contributed by atoms with van der Waals surface area (Å²) in [6.45, 7) is 4.21. The van der Waals surface area contributed by atoms with Crippen molar-refractivity contribution in [3.05, 3.63) is 59.7 Å². The van der Waals surface area contributed by atoms with Gasteiger partial charge in [-0.25, -0.2) is 4.79 Å². The van der Waals surface area contributed by atoms with Crippen LogP contribution in [0.15, 0.2) is 48.5 Å². The van der Waals surface area contributed by atoms with Gasteiger partial charge in [-0.15, -0.1) is 0 Å². The second-order valence-corrected chi connectivity index (χ2v) is 6.30. The van der Waals surface area contributed by atoms with Crippen LogP contribution in [-0.4, -0.2) is 24.6 Å². The predicted molar refractivity (Wildman–Crippen MR) is 110 cm³/mol. The molecule has 7 nitrogen and oxygen atoms in total. The van der Waals surface area contributed by atoms with Crippen LogP contribution in [0.4, 0.5) is 10.5 Å². The summed E-state index contributed by atoms with van der Waals surface area (Å²) in [6, 6.07) is 13.5. The number of nitrogens with one attached hydrogen (secondary N) is 2. The summed E-state index contributed by atoms with van der Waals surface area (Å²) in [6.07, 6.45) is 1.47. The normalized spacial score (nSPS) is 10.1. The Morgan fingerprint density at radius 3 is 2.38 bits per heavy atom. The minimum atomic E-state index is -0.790. The van der Waals surface area contributed by atoms with E-state index >= 15 is 0 Å². The molecule has 154 valence electrons. The molecule has 0 aliphatic carbocycles. The maximum atomic E-state index is 12.4. The average molecular weight is 398 g/mol. The third-order valence-electron chi connectivity index (χ3n) is 4.07. The Kier molecular flexibility index (Phi) is 8.69. The number of amides is 2. The Hall–Kier alpha value is -3.35. The van der Waals surface area contributed by atoms with Gasteiger partial charge in [-0.1, -0.05) is 31.5 Å². The maximum absolute atomic E-state index is 12.4. The molecule has 2 aromatic rings. The molecule has 2 N–H and O–H groups in total. The fourth-order valence-electron chi connectivity index (χ4n) is 2.54. The summed E-state index contributed by atoms with van der Waals surface area (Å²) >= 11 is 0. The van der Waals surface area contributed by atoms with E-state index in [4.69, 9.17) is 9.47 Å². The van der Waals surface area contributed by atoms with Crippen molar-refractivity contribution in [3.8, 4) is 5.75 Å². The zero-order valence-corrected chi connectivity index (χ0v) is 16.7. The van der Waals surface area contributed by atoms with Crippen LogP contribution >= 0.6 is 0 Å². The third kappa shape index (κ3) is 7.29. The van der Waals surface area contributed by atoms with Crippen LogP contribution in [0.2, 0.25) is 0 Å². The molecule has 7 heteroatoms. The lowest BCUT2D eigenvalue weighted by Gasteiger charge is -2.12. The van der Waals surface area contributed by atoms with Crippen molar-refractivity contribution < 1.29 is 23.9 Å². The summed E-state index contributed by atoms with van der Waals surface area (Å²) in [5, 5.41) is 5.72. The number of carbonyl (C=O) groups is 3. The van der Waals surface area contributed by atoms with Crippen molar-refractivity contribution in [3.63, 3.8) is 0 Å². The largest absolute Gasteiger partial charge is 0.513 e. The molecular weight excluding hydrogens is 372 g/mol. The van der Waals surface area contributed by atoms with E-state index in [1.807, 2.05) is 31.2 Å². The van der Waals surface area contributed by atoms with E-state index < -0.39 is 6.16 Å². The number of hydrogen-bond acceptors (Lipinski definition) is 5. The van der Waals surface area contributed by atoms with E-state index in [9.17, 15) is 14.4 Å². The third-order valence-corrected chi connectivity index (χ3v) is 4.07. The van der Waals surface area contributed by atoms with Crippen LogP contribution in [0, 0.1) is 0 Å². The van der Waals surface area contributed by atoms with E-state index in [-0.39, 0.29) is 25.0 Å². The van der Waals surface area contributed by atoms with Gasteiger partial charge in [0.25, 0.3) is 5.91 Å². The average Bonchev–Trinajstić information content (AvgIpc) is 2.72. The zero-order valence-electron chi connectivity index (χ0n) is 16.7. The first-order chi connectivity index (χ1) is 14.0. The van der Waals surface area contributed by atoms with Crippen LogP contribution in [-0.2, 0) is 16.1 Å². The Morgan fingerprint density at radius 1 is 0.966 bits per heavy atom. The monoisotopic (exact) mass is 398 g/mol. The number of unbranched alkanes of at least 4 members (excludes halogenated alkanes) is 1. The van der Waals surface area contributed by atoms with Crippen LogP contribution in [0.25, 0.3) is 0 Å². The maximum Gasteiger partial charge on any atom is 0.513 e. The number of rotatable bonds is 9. The smallest absolute Gasteiger partial charge is 0.434 e. The molecule has 0 saturated heterocycles. The molecule has 0 aromatic heterocycles. The Morgan fingerprint density at radius 2 is 1.69 bits per heavy atom. The second kappa shape index (κ2) is 11.5. The van der Waals surface area contributed by atoms with E-state index in [1.165, 1.54) is 12.1 Å². The number of ether oxygens (including phenoxy) is 2. The summed E-state index contributed by atoms with van der Waals surface area (Å²) in [4.78, 5) is 35.7. The van der Waals surface area contributed by atoms with Crippen molar-refractivity contribution in [1.29, 1.82) is 0 Å². The van der Waals surface area contributed by atoms with Gasteiger partial charge in [0.15, 0.2) is 0 Å². The number of anilines is 1. The Labute approximate surface area is 170 Å². The number of hydrogen-bond donors (Lipinski definition) is 2. The highest BCUT2D eigenvalue weighted by atomic mass is 16.7. The number of para-hydroxylation sites is 1. The standard InChI is InChI=1S/C22H26N2O5/c1-3-5-10-20(25)24-19-9-7-6-8-17(19)15-23-21(26)16-11-13-18(14-12-16)29-22(27)28-4-2/h6-9,11-14H,3-5,10,15H2,1-2H3,(H,23,26)(H,24,25). The first-order valence-electron chi connectivity index (χ1n) is 9.64. The van der Waals surface area contributed by atoms with Gasteiger partial charge in [-0.05, 0) is 49.2 Å². The Bertz CT molecular complexity index is 833. The van der Waals surface area contributed by atoms with Gasteiger partial charge < -0.3 is 20.1 Å². The highest BCUT2D eigenvalue weighted by molar-refractivity contribution is 5.95. The zero-order chi connectivity index (χ0) is 21.1. The first kappa shape index (κ1) is 21.9. The van der Waals surface area contributed by atoms with Gasteiger partial charge in [0.2, 0.25) is 5.91 Å². The van der Waals surface area contributed by atoms with Crippen molar-refractivity contribution in [2.75, 3.05) is 11.9 Å². The van der Waals surface area contributed by atoms with Crippen LogP contribution in [0.1, 0.15) is 49.0 Å². The summed E-state index contributed by atoms with van der Waals surface area (Å²) < 4.78 is 9.67. The van der Waals surface area contributed by atoms with E-state index in [1.54, 1.807) is 19.1 Å². The van der Waals surface area contributed by atoms with Gasteiger partial charge in [-0.3, -0.25) is 9.59 Å². The molecule has 0 aliphatic rings. The molecule has 0 unspecified atom stereocenters. The summed E-state index contributed by atoms with van der Waals surface area (Å²) in [7, 11) is 0. The van der Waals surface area contributed by atoms with E-state index in [0.29, 0.717) is 23.4 Å². The minimum Gasteiger partial charge on any atom is -0.434 e. The van der Waals surface area contributed by atoms with Crippen LogP contribution < -0.4 is 15.4 Å². The molecule has 0 radical (unpaired) electrons. The summed E-state index contributed by atoms with van der Waals surface area (Å²) in [5.74, 6) is -0.0252. The highest BCUT2D eigenvalue weighted by Crippen LogP contribution is 2.17. The van der Waals surface area contributed by atoms with Crippen molar-refractivity contribution in [1.82, 2.24) is 5.32 Å². The fourth-order valence-corrected chi connectivity index (χ4v) is 2.54. The van der Waals surface area contributed by atoms with E-state index in [0.717, 1.165) is 18.4 Å². The topological polar surface area (TPSA) is 93.7 Å². The van der Waals surface area contributed by atoms with Crippen molar-refractivity contribution >= 4 is 23.7 Å². The Balaban J connectivity index is 1.93. The fraction of sp³-hybridized carbons (Fsp3) is 0.318. The molecule has 0 atom stereocenters. The minimum absolute atomic E-state index is 0.0391. The molecule has 0 bridgehead atoms. The van der Waals surface area contributed by atoms with Gasteiger partial charge in [0.05, 0.1) is 6.61 Å². The van der Waals surface area contributed by atoms with Crippen molar-refractivity contribution in [2.24, 2.45) is 0 Å². The van der Waals surface area contributed by atoms with Crippen molar-refractivity contribution in [2.45, 2.75) is 39.7 Å². The molecule has 0 aliphatic heterocycles. The molecule has 0 saturated carbocycles. The molecule has 2 rings (SSSR count). The van der Waals surface area contributed by atoms with Gasteiger partial charge in [-0.2, -0.15) is 0 Å². The van der Waals surface area contributed by atoms with Gasteiger partial charge in [0, 0.05) is 24.2 Å². The number of carbonyl (C=O) groups excluding carboxylic acids is 3. The lowest BCUT2D eigenvalue weighted by atomic mass is 10.1. The quantitative estimate of drug-likeness (QED) is 0.486. The lowest BCUT2D eigenvalue weighted by Crippen LogP contribution is -2.24. The van der Waals surface area contributed by atoms with Crippen LogP contribution in [0.5, 0.6) is 5.75 Å². The molecular formula is C22H26N2O5. The number of benzene rings is 2. The van der Waals surface area contributed by atoms with Gasteiger partial charge in [0.1, 0.15) is 5.75 Å². The second-order valence-electron chi connectivity index (χ2n) is 6.30. The molecule has 29 heavy (non-hydrogen) atoms. The molecule has 0 spiro atoms. The van der Waals surface area contributed by atoms with E-state index in [2.05, 4.69) is 10.6 Å². The predicted octanol–water partition coefficient (Wildman–Crippen LogP) is 4.28.